The van der Waals surface area contributed by atoms with Crippen molar-refractivity contribution in [3.8, 4) is 0 Å². The molecule has 2 aromatic carbocycles. The summed E-state index contributed by atoms with van der Waals surface area (Å²) >= 11 is 12.0. The molecule has 0 spiro atoms. The summed E-state index contributed by atoms with van der Waals surface area (Å²) in [6, 6.07) is 13.0. The maximum Gasteiger partial charge on any atom is 0.111 e. The predicted octanol–water partition coefficient (Wildman–Crippen LogP) is 3.79. The Hall–Kier alpha value is -1.40. The van der Waals surface area contributed by atoms with Crippen molar-refractivity contribution in [1.82, 2.24) is 0 Å². The Kier molecular flexibility index (Phi) is 6.93. The molecule has 0 radical (unpaired) electrons. The monoisotopic (exact) mass is 408 g/mol. The maximum absolute atomic E-state index is 10.3. The van der Waals surface area contributed by atoms with Crippen LogP contribution in [0.25, 0.3) is 6.08 Å². The summed E-state index contributed by atoms with van der Waals surface area (Å²) < 4.78 is 5.75. The topological polar surface area (TPSA) is 69.9 Å². The highest BCUT2D eigenvalue weighted by Gasteiger charge is 2.37. The molecule has 1 aliphatic heterocycles. The molecular weight excluding hydrogens is 387 g/mol. The van der Waals surface area contributed by atoms with Gasteiger partial charge in [-0.2, -0.15) is 0 Å². The summed E-state index contributed by atoms with van der Waals surface area (Å²) in [4.78, 5) is 0. The highest BCUT2D eigenvalue weighted by molar-refractivity contribution is 6.34. The Morgan fingerprint density at radius 2 is 1.81 bits per heavy atom. The van der Waals surface area contributed by atoms with Gasteiger partial charge in [-0.3, -0.25) is 0 Å². The van der Waals surface area contributed by atoms with Gasteiger partial charge in [0.15, 0.2) is 0 Å². The zero-order chi connectivity index (χ0) is 19.4. The quantitative estimate of drug-likeness (QED) is 0.703. The van der Waals surface area contributed by atoms with Crippen LogP contribution < -0.4 is 0 Å². The second-order valence-electron chi connectivity index (χ2n) is 6.71. The minimum atomic E-state index is -1.02. The zero-order valence-electron chi connectivity index (χ0n) is 14.6. The van der Waals surface area contributed by atoms with Gasteiger partial charge in [0, 0.05) is 16.5 Å². The number of hydrogen-bond donors (Lipinski definition) is 3. The van der Waals surface area contributed by atoms with Gasteiger partial charge in [0.25, 0.3) is 0 Å². The van der Waals surface area contributed by atoms with Gasteiger partial charge in [0.1, 0.15) is 12.2 Å². The molecule has 0 bridgehead atoms. The maximum atomic E-state index is 10.3. The van der Waals surface area contributed by atoms with Crippen LogP contribution >= 0.6 is 23.2 Å². The van der Waals surface area contributed by atoms with E-state index in [0.717, 1.165) is 16.7 Å². The Labute approximate surface area is 168 Å². The van der Waals surface area contributed by atoms with E-state index < -0.39 is 24.4 Å². The van der Waals surface area contributed by atoms with Gasteiger partial charge >= 0.3 is 0 Å². The summed E-state index contributed by atoms with van der Waals surface area (Å²) in [6.07, 6.45) is 1.76. The van der Waals surface area contributed by atoms with E-state index in [1.807, 2.05) is 48.6 Å². The first kappa shape index (κ1) is 20.3. The summed E-state index contributed by atoms with van der Waals surface area (Å²) in [5.74, 6) is 0. The zero-order valence-corrected chi connectivity index (χ0v) is 16.1. The molecule has 27 heavy (non-hydrogen) atoms. The number of halogens is 2. The van der Waals surface area contributed by atoms with Crippen LogP contribution in [0.2, 0.25) is 10.0 Å². The lowest BCUT2D eigenvalue weighted by atomic mass is 9.92. The van der Waals surface area contributed by atoms with Crippen molar-refractivity contribution in [3.63, 3.8) is 0 Å². The molecule has 3 rings (SSSR count). The van der Waals surface area contributed by atoms with Crippen molar-refractivity contribution >= 4 is 29.3 Å². The van der Waals surface area contributed by atoms with Gasteiger partial charge in [0.05, 0.1) is 18.8 Å². The largest absolute Gasteiger partial charge is 0.394 e. The predicted molar refractivity (Wildman–Crippen MR) is 107 cm³/mol. The second kappa shape index (κ2) is 9.20. The van der Waals surface area contributed by atoms with Crippen LogP contribution in [-0.4, -0.2) is 40.2 Å². The number of aliphatic hydroxyl groups is 3. The summed E-state index contributed by atoms with van der Waals surface area (Å²) in [5.41, 5.74) is 2.73. The van der Waals surface area contributed by atoms with Crippen molar-refractivity contribution in [1.29, 1.82) is 0 Å². The van der Waals surface area contributed by atoms with Crippen LogP contribution in [0, 0.1) is 0 Å². The molecule has 3 N–H and O–H groups in total. The van der Waals surface area contributed by atoms with Crippen LogP contribution in [-0.2, 0) is 11.2 Å². The fraction of sp³-hybridized carbons (Fsp3) is 0.333. The second-order valence-corrected chi connectivity index (χ2v) is 7.58. The molecule has 2 aromatic rings. The molecule has 1 heterocycles. The number of ether oxygens (including phenoxy) is 1. The molecule has 6 heteroatoms. The highest BCUT2D eigenvalue weighted by Crippen LogP contribution is 2.32. The molecule has 0 aromatic heterocycles. The van der Waals surface area contributed by atoms with E-state index in [2.05, 4.69) is 0 Å². The standard InChI is InChI=1S/C21H22Cl2O4/c22-16-8-14(9-17(23)10-16)5-1-3-13-4-2-6-15(7-13)21-20(26)19(25)11-18(12-24)27-21/h1-2,4-10,18-21,24-26H,3,11-12H2/b5-1+/t18?,19?,20?,21-/m1/s1. The van der Waals surface area contributed by atoms with Crippen LogP contribution in [0.5, 0.6) is 0 Å². The lowest BCUT2D eigenvalue weighted by Gasteiger charge is -2.37. The molecule has 1 fully saturated rings. The molecule has 3 unspecified atom stereocenters. The van der Waals surface area contributed by atoms with Crippen molar-refractivity contribution in [2.45, 2.75) is 37.3 Å². The van der Waals surface area contributed by atoms with Crippen LogP contribution in [0.15, 0.2) is 48.5 Å². The van der Waals surface area contributed by atoms with Crippen LogP contribution in [0.4, 0.5) is 0 Å². The van der Waals surface area contributed by atoms with Gasteiger partial charge in [0.2, 0.25) is 0 Å². The normalized spacial score (nSPS) is 25.8. The third-order valence-corrected chi connectivity index (χ3v) is 5.02. The van der Waals surface area contributed by atoms with Crippen LogP contribution in [0.3, 0.4) is 0 Å². The fourth-order valence-corrected chi connectivity index (χ4v) is 3.79. The summed E-state index contributed by atoms with van der Waals surface area (Å²) in [5, 5.41) is 30.8. The van der Waals surface area contributed by atoms with E-state index in [9.17, 15) is 15.3 Å². The van der Waals surface area contributed by atoms with Gasteiger partial charge < -0.3 is 20.1 Å². The average molecular weight is 409 g/mol. The van der Waals surface area contributed by atoms with Crippen molar-refractivity contribution in [3.05, 3.63) is 75.3 Å². The van der Waals surface area contributed by atoms with E-state index in [1.165, 1.54) is 0 Å². The number of hydrogen-bond acceptors (Lipinski definition) is 4. The first-order chi connectivity index (χ1) is 13.0. The molecular formula is C21H22Cl2O4. The molecule has 4 nitrogen and oxygen atoms in total. The fourth-order valence-electron chi connectivity index (χ4n) is 3.25. The molecule has 0 amide bonds. The van der Waals surface area contributed by atoms with E-state index in [0.29, 0.717) is 16.5 Å². The highest BCUT2D eigenvalue weighted by atomic mass is 35.5. The minimum absolute atomic E-state index is 0.190. The number of benzene rings is 2. The smallest absolute Gasteiger partial charge is 0.111 e. The van der Waals surface area contributed by atoms with Gasteiger partial charge in [-0.25, -0.2) is 0 Å². The molecule has 4 atom stereocenters. The lowest BCUT2D eigenvalue weighted by molar-refractivity contribution is -0.179. The van der Waals surface area contributed by atoms with E-state index in [4.69, 9.17) is 27.9 Å². The third kappa shape index (κ3) is 5.32. The summed E-state index contributed by atoms with van der Waals surface area (Å²) in [6.45, 7) is -0.190. The first-order valence-electron chi connectivity index (χ1n) is 8.80. The molecule has 0 saturated carbocycles. The van der Waals surface area contributed by atoms with Crippen LogP contribution in [0.1, 0.15) is 29.2 Å². The van der Waals surface area contributed by atoms with Crippen molar-refractivity contribution in [2.75, 3.05) is 6.61 Å². The van der Waals surface area contributed by atoms with E-state index in [-0.39, 0.29) is 13.0 Å². The van der Waals surface area contributed by atoms with Gasteiger partial charge in [-0.15, -0.1) is 0 Å². The number of allylic oxidation sites excluding steroid dienone is 1. The molecule has 144 valence electrons. The van der Waals surface area contributed by atoms with Gasteiger partial charge in [-0.1, -0.05) is 59.6 Å². The Balaban J connectivity index is 1.72. The Morgan fingerprint density at radius 1 is 1.07 bits per heavy atom. The average Bonchev–Trinajstić information content (AvgIpc) is 2.63. The molecule has 0 aliphatic carbocycles. The molecule has 1 saturated heterocycles. The SMILES string of the molecule is OCC1CC(O)C(O)[C@@H](c2cccc(C/C=C/c3cc(Cl)cc(Cl)c3)c2)O1. The summed E-state index contributed by atoms with van der Waals surface area (Å²) in [7, 11) is 0. The Bertz CT molecular complexity index is 788. The van der Waals surface area contributed by atoms with Crippen molar-refractivity contribution < 1.29 is 20.1 Å². The number of aliphatic hydroxyl groups excluding tert-OH is 3. The van der Waals surface area contributed by atoms with Gasteiger partial charge in [-0.05, 0) is 41.3 Å². The molecule has 1 aliphatic rings. The third-order valence-electron chi connectivity index (χ3n) is 4.58. The van der Waals surface area contributed by atoms with E-state index in [1.54, 1.807) is 6.07 Å². The number of rotatable bonds is 5. The first-order valence-corrected chi connectivity index (χ1v) is 9.56. The minimum Gasteiger partial charge on any atom is -0.394 e. The Morgan fingerprint density at radius 3 is 2.52 bits per heavy atom. The van der Waals surface area contributed by atoms with Crippen molar-refractivity contribution in [2.24, 2.45) is 0 Å². The lowest BCUT2D eigenvalue weighted by Crippen LogP contribution is -2.44. The van der Waals surface area contributed by atoms with E-state index >= 15 is 0 Å².